The first-order valence-corrected chi connectivity index (χ1v) is 11.6. The maximum Gasteiger partial charge on any atom is 0.243 e. The molecule has 3 aromatic rings. The molecule has 9 heteroatoms. The van der Waals surface area contributed by atoms with Gasteiger partial charge in [-0.2, -0.15) is 4.31 Å². The van der Waals surface area contributed by atoms with E-state index in [4.69, 9.17) is 0 Å². The zero-order valence-electron chi connectivity index (χ0n) is 16.2. The number of fused-ring (bicyclic) bond motifs is 1. The van der Waals surface area contributed by atoms with Gasteiger partial charge in [0.15, 0.2) is 0 Å². The number of carbonyl (C=O) groups is 1. The highest BCUT2D eigenvalue weighted by atomic mass is 32.2. The van der Waals surface area contributed by atoms with Crippen molar-refractivity contribution in [1.82, 2.24) is 14.3 Å². The van der Waals surface area contributed by atoms with Crippen LogP contribution in [0, 0.1) is 0 Å². The van der Waals surface area contributed by atoms with E-state index in [1.807, 2.05) is 24.3 Å². The number of para-hydroxylation sites is 1. The van der Waals surface area contributed by atoms with E-state index in [-0.39, 0.29) is 16.6 Å². The molecule has 0 atom stereocenters. The Labute approximate surface area is 174 Å². The molecular weight excluding hydrogens is 408 g/mol. The standard InChI is InChI=1S/C20H22N4O3S2/c1-3-24(4-2)29(26,27)16-9-7-8-15(12-16)23-19(25)13-28-20-17-10-5-6-11-18(17)21-14-22-20/h5-12,14H,3-4,13H2,1-2H3,(H,23,25). The molecule has 2 aromatic carbocycles. The van der Waals surface area contributed by atoms with Crippen molar-refractivity contribution in [2.24, 2.45) is 0 Å². The summed E-state index contributed by atoms with van der Waals surface area (Å²) < 4.78 is 26.7. The summed E-state index contributed by atoms with van der Waals surface area (Å²) in [6.07, 6.45) is 1.48. The molecule has 1 amide bonds. The van der Waals surface area contributed by atoms with E-state index < -0.39 is 10.0 Å². The van der Waals surface area contributed by atoms with Crippen molar-refractivity contribution in [3.63, 3.8) is 0 Å². The van der Waals surface area contributed by atoms with E-state index in [1.165, 1.54) is 34.5 Å². The molecule has 0 saturated heterocycles. The summed E-state index contributed by atoms with van der Waals surface area (Å²) in [4.78, 5) is 21.0. The van der Waals surface area contributed by atoms with Gasteiger partial charge in [-0.25, -0.2) is 18.4 Å². The number of thioether (sulfide) groups is 1. The number of rotatable bonds is 8. The van der Waals surface area contributed by atoms with Crippen LogP contribution in [-0.4, -0.2) is 47.4 Å². The van der Waals surface area contributed by atoms with E-state index >= 15 is 0 Å². The molecule has 7 nitrogen and oxygen atoms in total. The summed E-state index contributed by atoms with van der Waals surface area (Å²) in [5.41, 5.74) is 1.26. The first kappa shape index (κ1) is 21.2. The predicted molar refractivity (Wildman–Crippen MR) is 115 cm³/mol. The molecule has 0 bridgehead atoms. The number of sulfonamides is 1. The van der Waals surface area contributed by atoms with Crippen LogP contribution in [0.25, 0.3) is 10.9 Å². The smallest absolute Gasteiger partial charge is 0.243 e. The summed E-state index contributed by atoms with van der Waals surface area (Å²) in [5, 5.41) is 4.38. The number of benzene rings is 2. The molecule has 0 aliphatic carbocycles. The molecule has 0 fully saturated rings. The van der Waals surface area contributed by atoms with E-state index in [0.717, 1.165) is 15.9 Å². The lowest BCUT2D eigenvalue weighted by molar-refractivity contribution is -0.113. The summed E-state index contributed by atoms with van der Waals surface area (Å²) in [7, 11) is -3.58. The third-order valence-corrected chi connectivity index (χ3v) is 7.36. The number of amides is 1. The number of nitrogens with one attached hydrogen (secondary N) is 1. The van der Waals surface area contributed by atoms with Crippen LogP contribution in [-0.2, 0) is 14.8 Å². The van der Waals surface area contributed by atoms with Crippen molar-refractivity contribution in [2.75, 3.05) is 24.2 Å². The van der Waals surface area contributed by atoms with Crippen LogP contribution in [0.4, 0.5) is 5.69 Å². The molecule has 1 heterocycles. The van der Waals surface area contributed by atoms with Gasteiger partial charge in [0.2, 0.25) is 15.9 Å². The van der Waals surface area contributed by atoms with Crippen LogP contribution >= 0.6 is 11.8 Å². The second-order valence-corrected chi connectivity index (χ2v) is 9.05. The highest BCUT2D eigenvalue weighted by Crippen LogP contribution is 2.24. The van der Waals surface area contributed by atoms with Gasteiger partial charge in [-0.05, 0) is 24.3 Å². The van der Waals surface area contributed by atoms with E-state index in [2.05, 4.69) is 15.3 Å². The predicted octanol–water partition coefficient (Wildman–Crippen LogP) is 3.39. The maximum absolute atomic E-state index is 12.7. The average Bonchev–Trinajstić information content (AvgIpc) is 2.73. The number of aromatic nitrogens is 2. The quantitative estimate of drug-likeness (QED) is 0.435. The molecule has 3 rings (SSSR count). The van der Waals surface area contributed by atoms with Crippen LogP contribution in [0.1, 0.15) is 13.8 Å². The van der Waals surface area contributed by atoms with Crippen molar-refractivity contribution < 1.29 is 13.2 Å². The monoisotopic (exact) mass is 430 g/mol. The van der Waals surface area contributed by atoms with Gasteiger partial charge in [0, 0.05) is 24.2 Å². The number of nitrogens with zero attached hydrogens (tertiary/aromatic N) is 3. The largest absolute Gasteiger partial charge is 0.325 e. The molecule has 0 spiro atoms. The van der Waals surface area contributed by atoms with E-state index in [0.29, 0.717) is 18.8 Å². The third kappa shape index (κ3) is 4.92. The second kappa shape index (κ2) is 9.34. The van der Waals surface area contributed by atoms with Gasteiger partial charge in [0.1, 0.15) is 11.4 Å². The lowest BCUT2D eigenvalue weighted by atomic mass is 10.2. The molecule has 29 heavy (non-hydrogen) atoms. The van der Waals surface area contributed by atoms with Crippen molar-refractivity contribution in [2.45, 2.75) is 23.8 Å². The highest BCUT2D eigenvalue weighted by Gasteiger charge is 2.21. The van der Waals surface area contributed by atoms with Crippen molar-refractivity contribution >= 4 is 44.3 Å². The van der Waals surface area contributed by atoms with Crippen molar-refractivity contribution in [1.29, 1.82) is 0 Å². The van der Waals surface area contributed by atoms with Crippen LogP contribution in [0.3, 0.4) is 0 Å². The zero-order valence-corrected chi connectivity index (χ0v) is 17.8. The Balaban J connectivity index is 1.70. The second-order valence-electron chi connectivity index (χ2n) is 6.15. The van der Waals surface area contributed by atoms with Gasteiger partial charge in [-0.1, -0.05) is 49.9 Å². The first-order valence-electron chi connectivity index (χ1n) is 9.18. The Morgan fingerprint density at radius 1 is 1.07 bits per heavy atom. The van der Waals surface area contributed by atoms with Gasteiger partial charge in [-0.3, -0.25) is 4.79 Å². The lowest BCUT2D eigenvalue weighted by Gasteiger charge is -2.18. The Bertz CT molecular complexity index is 1110. The Morgan fingerprint density at radius 2 is 1.83 bits per heavy atom. The topological polar surface area (TPSA) is 92.3 Å². The van der Waals surface area contributed by atoms with Crippen molar-refractivity contribution in [3.05, 3.63) is 54.9 Å². The Kier molecular flexibility index (Phi) is 6.83. The van der Waals surface area contributed by atoms with Gasteiger partial charge >= 0.3 is 0 Å². The molecule has 0 radical (unpaired) electrons. The molecular formula is C20H22N4O3S2. The molecule has 0 saturated carbocycles. The molecule has 1 aromatic heterocycles. The van der Waals surface area contributed by atoms with Gasteiger partial charge in [0.25, 0.3) is 0 Å². The molecule has 0 aliphatic heterocycles. The maximum atomic E-state index is 12.7. The van der Waals surface area contributed by atoms with E-state index in [9.17, 15) is 13.2 Å². The minimum atomic E-state index is -3.58. The fourth-order valence-corrected chi connectivity index (χ4v) is 5.17. The molecule has 0 aliphatic rings. The lowest BCUT2D eigenvalue weighted by Crippen LogP contribution is -2.30. The van der Waals surface area contributed by atoms with Gasteiger partial charge < -0.3 is 5.32 Å². The zero-order chi connectivity index (χ0) is 20.9. The Morgan fingerprint density at radius 3 is 2.59 bits per heavy atom. The minimum absolute atomic E-state index is 0.147. The third-order valence-electron chi connectivity index (χ3n) is 4.31. The normalized spacial score (nSPS) is 11.7. The summed E-state index contributed by atoms with van der Waals surface area (Å²) >= 11 is 1.31. The number of hydrogen-bond donors (Lipinski definition) is 1. The number of carbonyl (C=O) groups excluding carboxylic acids is 1. The number of anilines is 1. The number of hydrogen-bond acceptors (Lipinski definition) is 6. The first-order chi connectivity index (χ1) is 14.0. The highest BCUT2D eigenvalue weighted by molar-refractivity contribution is 8.00. The van der Waals surface area contributed by atoms with Crippen LogP contribution in [0.5, 0.6) is 0 Å². The average molecular weight is 431 g/mol. The molecule has 1 N–H and O–H groups in total. The fourth-order valence-electron chi connectivity index (χ4n) is 2.87. The van der Waals surface area contributed by atoms with Crippen LogP contribution < -0.4 is 5.32 Å². The SMILES string of the molecule is CCN(CC)S(=O)(=O)c1cccc(NC(=O)CSc2ncnc3ccccc23)c1. The fraction of sp³-hybridized carbons (Fsp3) is 0.250. The summed E-state index contributed by atoms with van der Waals surface area (Å²) in [6.45, 7) is 4.36. The summed E-state index contributed by atoms with van der Waals surface area (Å²) in [5.74, 6) is -0.0938. The van der Waals surface area contributed by atoms with Gasteiger partial charge in [0.05, 0.1) is 16.2 Å². The molecule has 0 unspecified atom stereocenters. The Hall–Kier alpha value is -2.49. The van der Waals surface area contributed by atoms with Crippen LogP contribution in [0.2, 0.25) is 0 Å². The van der Waals surface area contributed by atoms with E-state index in [1.54, 1.807) is 26.0 Å². The van der Waals surface area contributed by atoms with Crippen LogP contribution in [0.15, 0.2) is 64.8 Å². The summed E-state index contributed by atoms with van der Waals surface area (Å²) in [6, 6.07) is 13.9. The van der Waals surface area contributed by atoms with Crippen molar-refractivity contribution in [3.8, 4) is 0 Å². The van der Waals surface area contributed by atoms with Gasteiger partial charge in [-0.15, -0.1) is 0 Å². The molecule has 152 valence electrons. The minimum Gasteiger partial charge on any atom is -0.325 e.